The number of amides is 2. The van der Waals surface area contributed by atoms with Gasteiger partial charge in [-0.05, 0) is 24.3 Å². The van der Waals surface area contributed by atoms with Crippen LogP contribution in [0.2, 0.25) is 0 Å². The zero-order valence-corrected chi connectivity index (χ0v) is 14.3. The topological polar surface area (TPSA) is 93.7 Å². The zero-order valence-electron chi connectivity index (χ0n) is 11.5. The molecule has 9 heteroatoms. The van der Waals surface area contributed by atoms with E-state index in [0.717, 1.165) is 0 Å². The maximum atomic E-state index is 11.2. The van der Waals surface area contributed by atoms with Gasteiger partial charge in [0.2, 0.25) is 5.91 Å². The van der Waals surface area contributed by atoms with E-state index < -0.39 is 17.2 Å². The van der Waals surface area contributed by atoms with Gasteiger partial charge in [0.25, 0.3) is 0 Å². The summed E-state index contributed by atoms with van der Waals surface area (Å²) < 4.78 is 20.2. The summed E-state index contributed by atoms with van der Waals surface area (Å²) in [6, 6.07) is 6.16. The zero-order chi connectivity index (χ0) is 14.3. The second kappa shape index (κ2) is 9.89. The Morgan fingerprint density at radius 2 is 1.85 bits per heavy atom. The Morgan fingerprint density at radius 3 is 2.35 bits per heavy atom. The summed E-state index contributed by atoms with van der Waals surface area (Å²) in [5.41, 5.74) is 2.48. The van der Waals surface area contributed by atoms with Crippen molar-refractivity contribution in [3.63, 3.8) is 0 Å². The molecule has 20 heavy (non-hydrogen) atoms. The SMILES string of the molecule is CCS(=O)ONC(=O)Oc1ccc(NC(C)=O)cc1.[Na]. The molecule has 0 fully saturated rings. The molecule has 0 aliphatic carbocycles. The van der Waals surface area contributed by atoms with Crippen molar-refractivity contribution in [2.24, 2.45) is 0 Å². The minimum atomic E-state index is -1.58. The average Bonchev–Trinajstić information content (AvgIpc) is 2.37. The van der Waals surface area contributed by atoms with Crippen molar-refractivity contribution >= 4 is 58.3 Å². The molecule has 0 saturated heterocycles. The molecule has 2 amide bonds. The molecule has 7 nitrogen and oxygen atoms in total. The number of anilines is 1. The normalized spacial score (nSPS) is 10.9. The molecule has 0 aliphatic heterocycles. The van der Waals surface area contributed by atoms with E-state index in [9.17, 15) is 13.8 Å². The summed E-state index contributed by atoms with van der Waals surface area (Å²) in [6.07, 6.45) is -0.880. The molecule has 1 rings (SSSR count). The molecule has 1 unspecified atom stereocenters. The van der Waals surface area contributed by atoms with Crippen molar-refractivity contribution in [3.8, 4) is 5.75 Å². The molecule has 0 saturated carbocycles. The maximum absolute atomic E-state index is 11.2. The first-order chi connectivity index (χ1) is 9.01. The number of hydrogen-bond acceptors (Lipinski definition) is 5. The minimum Gasteiger partial charge on any atom is -0.409 e. The largest absolute Gasteiger partial charge is 0.437 e. The summed E-state index contributed by atoms with van der Waals surface area (Å²) in [4.78, 5) is 22.0. The first-order valence-electron chi connectivity index (χ1n) is 5.42. The summed E-state index contributed by atoms with van der Waals surface area (Å²) >= 11 is -1.58. The Labute approximate surface area is 141 Å². The first-order valence-corrected chi connectivity index (χ1v) is 6.67. The van der Waals surface area contributed by atoms with E-state index in [1.807, 2.05) is 5.48 Å². The van der Waals surface area contributed by atoms with Gasteiger partial charge >= 0.3 is 6.09 Å². The van der Waals surface area contributed by atoms with Crippen LogP contribution in [0, 0.1) is 0 Å². The molecule has 2 N–H and O–H groups in total. The number of carbonyl (C=O) groups is 2. The Balaban J connectivity index is 0.00000361. The molecular weight excluding hydrogens is 295 g/mol. The van der Waals surface area contributed by atoms with Crippen LogP contribution in [0.1, 0.15) is 13.8 Å². The van der Waals surface area contributed by atoms with Crippen LogP contribution in [-0.4, -0.2) is 51.5 Å². The Kier molecular flexibility index (Phi) is 9.43. The van der Waals surface area contributed by atoms with E-state index in [0.29, 0.717) is 5.69 Å². The van der Waals surface area contributed by atoms with Crippen LogP contribution in [0.15, 0.2) is 24.3 Å². The first kappa shape index (κ1) is 19.1. The van der Waals surface area contributed by atoms with Gasteiger partial charge in [0.15, 0.2) is 11.1 Å². The fraction of sp³-hybridized carbons (Fsp3) is 0.273. The van der Waals surface area contributed by atoms with E-state index >= 15 is 0 Å². The predicted octanol–water partition coefficient (Wildman–Crippen LogP) is 0.968. The fourth-order valence-corrected chi connectivity index (χ4v) is 1.36. The van der Waals surface area contributed by atoms with Crippen molar-refractivity contribution in [2.45, 2.75) is 13.8 Å². The summed E-state index contributed by atoms with van der Waals surface area (Å²) in [5, 5.41) is 2.57. The molecule has 105 valence electrons. The van der Waals surface area contributed by atoms with Crippen LogP contribution < -0.4 is 15.5 Å². The molecule has 0 bridgehead atoms. The third-order valence-electron chi connectivity index (χ3n) is 1.84. The van der Waals surface area contributed by atoms with Crippen molar-refractivity contribution in [2.75, 3.05) is 11.1 Å². The number of rotatable bonds is 5. The van der Waals surface area contributed by atoms with Crippen molar-refractivity contribution in [1.29, 1.82) is 0 Å². The number of carbonyl (C=O) groups excluding carboxylic acids is 2. The smallest absolute Gasteiger partial charge is 0.409 e. The fourth-order valence-electron chi connectivity index (χ4n) is 1.08. The molecule has 0 aliphatic rings. The van der Waals surface area contributed by atoms with Gasteiger partial charge in [0.1, 0.15) is 5.75 Å². The standard InChI is InChI=1S/C11H14N2O5S.Na/c1-3-19(16)18-13-11(15)17-10-6-4-9(5-7-10)12-8(2)14;/h4-7H,3H2,1-2H3,(H,12,14)(H,13,15);. The number of hydroxylamine groups is 1. The van der Waals surface area contributed by atoms with Crippen LogP contribution in [0.5, 0.6) is 5.75 Å². The van der Waals surface area contributed by atoms with E-state index in [1.165, 1.54) is 19.1 Å². The molecule has 1 radical (unpaired) electrons. The summed E-state index contributed by atoms with van der Waals surface area (Å²) in [5.74, 6) is 0.324. The van der Waals surface area contributed by atoms with E-state index in [2.05, 4.69) is 9.60 Å². The molecule has 0 heterocycles. The molecule has 1 atom stereocenters. The Bertz CT molecular complexity index is 480. The van der Waals surface area contributed by atoms with Crippen LogP contribution in [-0.2, 0) is 20.2 Å². The third kappa shape index (κ3) is 7.61. The van der Waals surface area contributed by atoms with Crippen LogP contribution >= 0.6 is 0 Å². The molecule has 1 aromatic rings. The average molecular weight is 309 g/mol. The van der Waals surface area contributed by atoms with Crippen molar-refractivity contribution in [1.82, 2.24) is 5.48 Å². The van der Waals surface area contributed by atoms with Crippen molar-refractivity contribution < 1.29 is 22.8 Å². The van der Waals surface area contributed by atoms with Crippen molar-refractivity contribution in [3.05, 3.63) is 24.3 Å². The molecule has 0 spiro atoms. The summed E-state index contributed by atoms with van der Waals surface area (Å²) in [6.45, 7) is 3.03. The van der Waals surface area contributed by atoms with Crippen LogP contribution in [0.25, 0.3) is 0 Å². The predicted molar refractivity (Wildman–Crippen MR) is 75.4 cm³/mol. The van der Waals surface area contributed by atoms with E-state index in [-0.39, 0.29) is 47.0 Å². The van der Waals surface area contributed by atoms with Gasteiger partial charge in [-0.3, -0.25) is 4.79 Å². The Morgan fingerprint density at radius 1 is 1.25 bits per heavy atom. The monoisotopic (exact) mass is 309 g/mol. The number of hydrogen-bond donors (Lipinski definition) is 2. The van der Waals surface area contributed by atoms with Crippen LogP contribution in [0.4, 0.5) is 10.5 Å². The maximum Gasteiger partial charge on any atom is 0.437 e. The number of benzene rings is 1. The quantitative estimate of drug-likeness (QED) is 0.624. The Hall–Kier alpha value is -0.930. The molecule has 1 aromatic carbocycles. The van der Waals surface area contributed by atoms with E-state index in [4.69, 9.17) is 4.74 Å². The van der Waals surface area contributed by atoms with Gasteiger partial charge in [-0.25, -0.2) is 9.00 Å². The third-order valence-corrected chi connectivity index (χ3v) is 2.58. The van der Waals surface area contributed by atoms with Gasteiger partial charge in [0.05, 0.1) is 0 Å². The van der Waals surface area contributed by atoms with Gasteiger partial charge < -0.3 is 10.1 Å². The second-order valence-corrected chi connectivity index (χ2v) is 4.72. The minimum absolute atomic E-state index is 0. The second-order valence-electron chi connectivity index (χ2n) is 3.37. The molecular formula is C11H14N2NaO5S. The van der Waals surface area contributed by atoms with Gasteiger partial charge in [-0.1, -0.05) is 6.92 Å². The number of ether oxygens (including phenoxy) is 1. The van der Waals surface area contributed by atoms with E-state index in [1.54, 1.807) is 19.1 Å². The summed E-state index contributed by atoms with van der Waals surface area (Å²) in [7, 11) is 0. The number of nitrogens with one attached hydrogen (secondary N) is 2. The van der Waals surface area contributed by atoms with Gasteiger partial charge in [0, 0.05) is 47.9 Å². The molecule has 0 aromatic heterocycles. The van der Waals surface area contributed by atoms with Gasteiger partial charge in [-0.15, -0.1) is 0 Å². The van der Waals surface area contributed by atoms with Gasteiger partial charge in [-0.2, -0.15) is 9.76 Å². The van der Waals surface area contributed by atoms with Crippen LogP contribution in [0.3, 0.4) is 0 Å².